The summed E-state index contributed by atoms with van der Waals surface area (Å²) in [5, 5.41) is 3.17. The zero-order chi connectivity index (χ0) is 25.6. The highest BCUT2D eigenvalue weighted by atomic mass is 16.5. The lowest BCUT2D eigenvalue weighted by Crippen LogP contribution is -2.48. The van der Waals surface area contributed by atoms with Crippen molar-refractivity contribution in [2.24, 2.45) is 17.1 Å². The molecule has 4 nitrogen and oxygen atoms in total. The number of allylic oxidation sites excluding steroid dienone is 2. The first-order valence-corrected chi connectivity index (χ1v) is 14.1. The number of hydrogen-bond acceptors (Lipinski definition) is 3. The van der Waals surface area contributed by atoms with E-state index >= 15 is 0 Å². The molecule has 0 spiro atoms. The summed E-state index contributed by atoms with van der Waals surface area (Å²) in [5.74, 6) is 0.650. The van der Waals surface area contributed by atoms with Gasteiger partial charge in [0.05, 0.1) is 6.61 Å². The molecule has 3 rings (SSSR count). The summed E-state index contributed by atoms with van der Waals surface area (Å²) in [7, 11) is 0. The number of rotatable bonds is 12. The van der Waals surface area contributed by atoms with Crippen LogP contribution < -0.4 is 11.1 Å². The molecule has 35 heavy (non-hydrogen) atoms. The van der Waals surface area contributed by atoms with Gasteiger partial charge in [-0.25, -0.2) is 0 Å². The Hall–Kier alpha value is -1.65. The lowest BCUT2D eigenvalue weighted by Gasteiger charge is -2.54. The molecular formula is C31H50N2O2. The number of amides is 1. The molecule has 0 saturated carbocycles. The van der Waals surface area contributed by atoms with Crippen molar-refractivity contribution in [2.45, 2.75) is 105 Å². The van der Waals surface area contributed by atoms with E-state index in [1.807, 2.05) is 0 Å². The van der Waals surface area contributed by atoms with E-state index in [9.17, 15) is 4.79 Å². The van der Waals surface area contributed by atoms with Crippen LogP contribution in [0.3, 0.4) is 0 Å². The van der Waals surface area contributed by atoms with Crippen LogP contribution in [0.1, 0.15) is 112 Å². The fraction of sp³-hybridized carbons (Fsp3) is 0.710. The first-order chi connectivity index (χ1) is 16.7. The Morgan fingerprint density at radius 1 is 1.14 bits per heavy atom. The third-order valence-electron chi connectivity index (χ3n) is 8.52. The molecule has 0 heterocycles. The van der Waals surface area contributed by atoms with Crippen LogP contribution in [0.5, 0.6) is 0 Å². The van der Waals surface area contributed by atoms with Gasteiger partial charge in [-0.3, -0.25) is 4.79 Å². The Balaban J connectivity index is 1.94. The lowest BCUT2D eigenvalue weighted by atomic mass is 9.50. The fourth-order valence-electron chi connectivity index (χ4n) is 7.12. The second kappa shape index (κ2) is 12.1. The van der Waals surface area contributed by atoms with Gasteiger partial charge >= 0.3 is 0 Å². The van der Waals surface area contributed by atoms with E-state index in [1.54, 1.807) is 0 Å². The summed E-state index contributed by atoms with van der Waals surface area (Å²) < 4.78 is 5.70. The number of fused-ring (bicyclic) bond motifs is 3. The zero-order valence-corrected chi connectivity index (χ0v) is 23.3. The van der Waals surface area contributed by atoms with E-state index < -0.39 is 0 Å². The minimum absolute atomic E-state index is 0.0212. The molecule has 1 aromatic rings. The Morgan fingerprint density at radius 3 is 2.63 bits per heavy atom. The van der Waals surface area contributed by atoms with Crippen molar-refractivity contribution in [3.05, 3.63) is 45.5 Å². The summed E-state index contributed by atoms with van der Waals surface area (Å²) in [5.41, 5.74) is 13.5. The van der Waals surface area contributed by atoms with Crippen LogP contribution in [0, 0.1) is 18.3 Å². The predicted molar refractivity (Wildman–Crippen MR) is 147 cm³/mol. The largest absolute Gasteiger partial charge is 0.380 e. The topological polar surface area (TPSA) is 64.3 Å². The summed E-state index contributed by atoms with van der Waals surface area (Å²) in [6.45, 7) is 16.5. The van der Waals surface area contributed by atoms with E-state index in [0.717, 1.165) is 37.7 Å². The highest BCUT2D eigenvalue weighted by molar-refractivity contribution is 5.98. The molecule has 0 saturated heterocycles. The zero-order valence-electron chi connectivity index (χ0n) is 23.3. The molecule has 2 atom stereocenters. The second-order valence-corrected chi connectivity index (χ2v) is 11.9. The van der Waals surface area contributed by atoms with Crippen LogP contribution in [-0.2, 0) is 23.0 Å². The maximum Gasteiger partial charge on any atom is 0.251 e. The van der Waals surface area contributed by atoms with Gasteiger partial charge in [0.15, 0.2) is 0 Å². The molecule has 1 amide bonds. The standard InChI is InChI=1S/C31H50N2O2/c1-7-8-9-12-24-19-25-21-30(4,5)26-14-13-22(2)20-31(26,6)28(25)23(3)27(24)29(34)33-16-18-35-17-11-10-15-32/h19-20,26H,7-18,21,32H2,1-6H3,(H,33,34)/t26-,31+/m0/s1. The quantitative estimate of drug-likeness (QED) is 0.267. The number of benzene rings is 1. The molecule has 0 fully saturated rings. The molecule has 3 N–H and O–H groups in total. The Morgan fingerprint density at radius 2 is 1.91 bits per heavy atom. The fourth-order valence-corrected chi connectivity index (χ4v) is 7.12. The number of carbonyl (C=O) groups excluding carboxylic acids is 1. The van der Waals surface area contributed by atoms with Gasteiger partial charge in [0.2, 0.25) is 0 Å². The summed E-state index contributed by atoms with van der Waals surface area (Å²) >= 11 is 0. The third kappa shape index (κ3) is 6.20. The molecule has 0 unspecified atom stereocenters. The van der Waals surface area contributed by atoms with Crippen molar-refractivity contribution in [3.8, 4) is 0 Å². The lowest BCUT2D eigenvalue weighted by molar-refractivity contribution is 0.0908. The van der Waals surface area contributed by atoms with E-state index in [4.69, 9.17) is 10.5 Å². The van der Waals surface area contributed by atoms with Crippen LogP contribution in [0.2, 0.25) is 0 Å². The van der Waals surface area contributed by atoms with E-state index in [2.05, 4.69) is 59.0 Å². The average molecular weight is 483 g/mol. The molecule has 0 bridgehead atoms. The van der Waals surface area contributed by atoms with Gasteiger partial charge < -0.3 is 15.8 Å². The van der Waals surface area contributed by atoms with Crippen LogP contribution >= 0.6 is 0 Å². The first kappa shape index (κ1) is 27.9. The van der Waals surface area contributed by atoms with Gasteiger partial charge in [-0.1, -0.05) is 58.3 Å². The van der Waals surface area contributed by atoms with Gasteiger partial charge in [0, 0.05) is 24.1 Å². The van der Waals surface area contributed by atoms with E-state index in [-0.39, 0.29) is 16.7 Å². The third-order valence-corrected chi connectivity index (χ3v) is 8.52. The van der Waals surface area contributed by atoms with E-state index in [0.29, 0.717) is 32.2 Å². The van der Waals surface area contributed by atoms with Crippen molar-refractivity contribution in [1.82, 2.24) is 5.32 Å². The Labute approximate surface area is 214 Å². The van der Waals surface area contributed by atoms with Gasteiger partial charge in [0.25, 0.3) is 5.91 Å². The van der Waals surface area contributed by atoms with Crippen molar-refractivity contribution < 1.29 is 9.53 Å². The summed E-state index contributed by atoms with van der Waals surface area (Å²) in [6.07, 6.45) is 12.5. The minimum Gasteiger partial charge on any atom is -0.380 e. The maximum atomic E-state index is 13.6. The van der Waals surface area contributed by atoms with Crippen LogP contribution in [0.15, 0.2) is 17.7 Å². The highest BCUT2D eigenvalue weighted by Crippen LogP contribution is 2.57. The van der Waals surface area contributed by atoms with Gasteiger partial charge in [0.1, 0.15) is 0 Å². The van der Waals surface area contributed by atoms with Crippen molar-refractivity contribution in [3.63, 3.8) is 0 Å². The van der Waals surface area contributed by atoms with Crippen molar-refractivity contribution in [2.75, 3.05) is 26.3 Å². The summed E-state index contributed by atoms with van der Waals surface area (Å²) in [6, 6.07) is 2.40. The van der Waals surface area contributed by atoms with Crippen LogP contribution in [0.25, 0.3) is 0 Å². The number of unbranched alkanes of at least 4 members (excludes halogenated alkanes) is 3. The summed E-state index contributed by atoms with van der Waals surface area (Å²) in [4.78, 5) is 13.6. The number of carbonyl (C=O) groups is 1. The SMILES string of the molecule is CCCCCc1cc2c(c(C)c1C(=O)NCCOCCCCN)[C@]1(C)C=C(C)CC[C@H]1C(C)(C)C2. The molecule has 2 aliphatic carbocycles. The smallest absolute Gasteiger partial charge is 0.251 e. The normalized spacial score (nSPS) is 22.8. The number of aryl methyl sites for hydroxylation is 1. The number of nitrogens with two attached hydrogens (primary N) is 1. The molecule has 196 valence electrons. The maximum absolute atomic E-state index is 13.6. The first-order valence-electron chi connectivity index (χ1n) is 14.1. The van der Waals surface area contributed by atoms with Crippen LogP contribution in [-0.4, -0.2) is 32.2 Å². The molecule has 4 heteroatoms. The van der Waals surface area contributed by atoms with Gasteiger partial charge in [-0.05, 0) is 98.9 Å². The second-order valence-electron chi connectivity index (χ2n) is 11.9. The number of ether oxygens (including phenoxy) is 1. The van der Waals surface area contributed by atoms with Gasteiger partial charge in [-0.15, -0.1) is 0 Å². The predicted octanol–water partition coefficient (Wildman–Crippen LogP) is 6.41. The monoisotopic (exact) mass is 482 g/mol. The Bertz CT molecular complexity index is 917. The average Bonchev–Trinajstić information content (AvgIpc) is 2.77. The molecule has 2 aliphatic rings. The van der Waals surface area contributed by atoms with Crippen molar-refractivity contribution >= 4 is 5.91 Å². The molecule has 1 aromatic carbocycles. The van der Waals surface area contributed by atoms with Crippen molar-refractivity contribution in [1.29, 1.82) is 0 Å². The van der Waals surface area contributed by atoms with Crippen LogP contribution in [0.4, 0.5) is 0 Å². The highest BCUT2D eigenvalue weighted by Gasteiger charge is 2.50. The molecule has 0 radical (unpaired) electrons. The van der Waals surface area contributed by atoms with Gasteiger partial charge in [-0.2, -0.15) is 0 Å². The molecular weight excluding hydrogens is 432 g/mol. The minimum atomic E-state index is -0.0212. The molecule has 0 aromatic heterocycles. The molecule has 0 aliphatic heterocycles. The number of hydrogen-bond donors (Lipinski definition) is 2. The van der Waals surface area contributed by atoms with E-state index in [1.165, 1.54) is 53.5 Å². The Kier molecular flexibility index (Phi) is 9.62. The number of nitrogens with one attached hydrogen (secondary N) is 1.